The number of rotatable bonds is 3. The Morgan fingerprint density at radius 1 is 1.24 bits per heavy atom. The number of aliphatic carboxylic acids is 1. The van der Waals surface area contributed by atoms with Crippen LogP contribution in [0.5, 0.6) is 0 Å². The van der Waals surface area contributed by atoms with Crippen LogP contribution in [-0.4, -0.2) is 60.1 Å². The number of hydrogen-bond acceptors (Lipinski definition) is 5. The highest BCUT2D eigenvalue weighted by molar-refractivity contribution is 7.90. The molecule has 0 saturated carbocycles. The maximum atomic E-state index is 12.6. The summed E-state index contributed by atoms with van der Waals surface area (Å²) in [6.45, 7) is 2.21. The second-order valence-electron chi connectivity index (χ2n) is 6.09. The number of amides is 2. The Labute approximate surface area is 145 Å². The lowest BCUT2D eigenvalue weighted by Gasteiger charge is -2.30. The predicted octanol–water partition coefficient (Wildman–Crippen LogP) is 0.788. The molecule has 0 bridgehead atoms. The van der Waals surface area contributed by atoms with E-state index in [4.69, 9.17) is 5.11 Å². The third kappa shape index (κ3) is 2.78. The third-order valence-corrected chi connectivity index (χ3v) is 6.57. The lowest BCUT2D eigenvalue weighted by atomic mass is 9.96. The van der Waals surface area contributed by atoms with Crippen LogP contribution < -0.4 is 0 Å². The van der Waals surface area contributed by atoms with Crippen LogP contribution in [0.25, 0.3) is 0 Å². The van der Waals surface area contributed by atoms with Crippen molar-refractivity contribution in [3.63, 3.8) is 0 Å². The fourth-order valence-corrected chi connectivity index (χ4v) is 4.84. The summed E-state index contributed by atoms with van der Waals surface area (Å²) in [6, 6.07) is 4.04. The van der Waals surface area contributed by atoms with Gasteiger partial charge in [0.2, 0.25) is 0 Å². The van der Waals surface area contributed by atoms with Crippen molar-refractivity contribution < 1.29 is 27.9 Å². The minimum absolute atomic E-state index is 0.0296. The van der Waals surface area contributed by atoms with Gasteiger partial charge in [-0.2, -0.15) is 0 Å². The highest BCUT2D eigenvalue weighted by Crippen LogP contribution is 2.31. The van der Waals surface area contributed by atoms with Crippen molar-refractivity contribution in [1.29, 1.82) is 0 Å². The van der Waals surface area contributed by atoms with E-state index in [2.05, 4.69) is 0 Å². The van der Waals surface area contributed by atoms with Crippen LogP contribution in [0.1, 0.15) is 40.5 Å². The SMILES string of the molecule is CCN1C(=O)c2ccc(C(=O)N3CCC(C(=O)O)CC3)cc2S1(=O)=O. The van der Waals surface area contributed by atoms with Gasteiger partial charge in [0.15, 0.2) is 0 Å². The molecule has 0 aliphatic carbocycles. The first-order valence-electron chi connectivity index (χ1n) is 8.00. The van der Waals surface area contributed by atoms with Crippen molar-refractivity contribution in [3.8, 4) is 0 Å². The van der Waals surface area contributed by atoms with Gasteiger partial charge in [0.25, 0.3) is 21.8 Å². The molecular formula is C16H18N2O6S. The Morgan fingerprint density at radius 2 is 1.88 bits per heavy atom. The molecule has 25 heavy (non-hydrogen) atoms. The zero-order valence-corrected chi connectivity index (χ0v) is 14.5. The zero-order chi connectivity index (χ0) is 18.4. The smallest absolute Gasteiger partial charge is 0.306 e. The third-order valence-electron chi connectivity index (χ3n) is 4.67. The normalized spacial score (nSPS) is 19.8. The maximum absolute atomic E-state index is 12.6. The number of hydrogen-bond donors (Lipinski definition) is 1. The minimum atomic E-state index is -3.92. The molecule has 0 aromatic heterocycles. The van der Waals surface area contributed by atoms with Crippen LogP contribution in [0, 0.1) is 5.92 Å². The fourth-order valence-electron chi connectivity index (χ4n) is 3.23. The average Bonchev–Trinajstić information content (AvgIpc) is 2.79. The highest BCUT2D eigenvalue weighted by Gasteiger charge is 2.40. The van der Waals surface area contributed by atoms with E-state index < -0.39 is 27.8 Å². The second-order valence-corrected chi connectivity index (χ2v) is 7.92. The summed E-state index contributed by atoms with van der Waals surface area (Å²) >= 11 is 0. The molecular weight excluding hydrogens is 348 g/mol. The molecule has 9 heteroatoms. The lowest BCUT2D eigenvalue weighted by Crippen LogP contribution is -2.40. The Hall–Kier alpha value is -2.42. The van der Waals surface area contributed by atoms with E-state index in [-0.39, 0.29) is 28.5 Å². The van der Waals surface area contributed by atoms with Crippen molar-refractivity contribution in [2.24, 2.45) is 5.92 Å². The largest absolute Gasteiger partial charge is 0.481 e. The molecule has 1 aromatic rings. The average molecular weight is 366 g/mol. The van der Waals surface area contributed by atoms with Gasteiger partial charge in [-0.15, -0.1) is 0 Å². The molecule has 1 N–H and O–H groups in total. The molecule has 8 nitrogen and oxygen atoms in total. The van der Waals surface area contributed by atoms with Crippen molar-refractivity contribution >= 4 is 27.8 Å². The Bertz CT molecular complexity index is 855. The van der Waals surface area contributed by atoms with Crippen LogP contribution in [0.3, 0.4) is 0 Å². The molecule has 0 unspecified atom stereocenters. The predicted molar refractivity (Wildman–Crippen MR) is 86.6 cm³/mol. The number of sulfonamides is 1. The molecule has 134 valence electrons. The molecule has 1 aromatic carbocycles. The van der Waals surface area contributed by atoms with E-state index in [1.54, 1.807) is 6.92 Å². The number of carboxylic acid groups (broad SMARTS) is 1. The van der Waals surface area contributed by atoms with E-state index in [9.17, 15) is 22.8 Å². The molecule has 2 aliphatic rings. The number of carbonyl (C=O) groups excluding carboxylic acids is 2. The molecule has 3 rings (SSSR count). The van der Waals surface area contributed by atoms with Crippen molar-refractivity contribution in [1.82, 2.24) is 9.21 Å². The van der Waals surface area contributed by atoms with Gasteiger partial charge >= 0.3 is 5.97 Å². The molecule has 2 amide bonds. The second kappa shape index (κ2) is 6.14. The van der Waals surface area contributed by atoms with E-state index in [0.717, 1.165) is 4.31 Å². The number of carboxylic acids is 1. The molecule has 0 spiro atoms. The van der Waals surface area contributed by atoms with Crippen LogP contribution in [0.15, 0.2) is 23.1 Å². The van der Waals surface area contributed by atoms with E-state index in [1.165, 1.54) is 23.1 Å². The number of carbonyl (C=O) groups is 3. The van der Waals surface area contributed by atoms with Gasteiger partial charge in [-0.25, -0.2) is 12.7 Å². The van der Waals surface area contributed by atoms with Crippen molar-refractivity contribution in [2.75, 3.05) is 19.6 Å². The quantitative estimate of drug-likeness (QED) is 0.846. The van der Waals surface area contributed by atoms with Crippen molar-refractivity contribution in [2.45, 2.75) is 24.7 Å². The van der Waals surface area contributed by atoms with Gasteiger partial charge in [-0.3, -0.25) is 14.4 Å². The maximum Gasteiger partial charge on any atom is 0.306 e. The first kappa shape index (κ1) is 17.4. The Kier molecular flexibility index (Phi) is 4.28. The van der Waals surface area contributed by atoms with Gasteiger partial charge in [0.05, 0.1) is 11.5 Å². The zero-order valence-electron chi connectivity index (χ0n) is 13.6. The first-order chi connectivity index (χ1) is 11.8. The van der Waals surface area contributed by atoms with Gasteiger partial charge in [0, 0.05) is 25.2 Å². The number of nitrogens with zero attached hydrogens (tertiary/aromatic N) is 2. The van der Waals surface area contributed by atoms with Crippen LogP contribution in [-0.2, 0) is 14.8 Å². The molecule has 0 atom stereocenters. The topological polar surface area (TPSA) is 112 Å². The van der Waals surface area contributed by atoms with Gasteiger partial charge in [-0.05, 0) is 38.0 Å². The summed E-state index contributed by atoms with van der Waals surface area (Å²) < 4.78 is 25.6. The summed E-state index contributed by atoms with van der Waals surface area (Å²) in [6.07, 6.45) is 0.735. The lowest BCUT2D eigenvalue weighted by molar-refractivity contribution is -0.143. The molecule has 2 aliphatic heterocycles. The van der Waals surface area contributed by atoms with Crippen molar-refractivity contribution in [3.05, 3.63) is 29.3 Å². The summed E-state index contributed by atoms with van der Waals surface area (Å²) in [5.41, 5.74) is 0.254. The number of benzene rings is 1. The van der Waals surface area contributed by atoms with Gasteiger partial charge in [0.1, 0.15) is 4.90 Å². The van der Waals surface area contributed by atoms with E-state index in [1.807, 2.05) is 0 Å². The molecule has 1 saturated heterocycles. The monoisotopic (exact) mass is 366 g/mol. The number of fused-ring (bicyclic) bond motifs is 1. The Morgan fingerprint density at radius 3 is 2.44 bits per heavy atom. The number of likely N-dealkylation sites (tertiary alicyclic amines) is 1. The summed E-state index contributed by atoms with van der Waals surface area (Å²) in [4.78, 5) is 37.1. The van der Waals surface area contributed by atoms with E-state index >= 15 is 0 Å². The van der Waals surface area contributed by atoms with Crippen LogP contribution in [0.4, 0.5) is 0 Å². The summed E-state index contributed by atoms with van der Waals surface area (Å²) in [7, 11) is -3.92. The Balaban J connectivity index is 1.86. The standard InChI is InChI=1S/C16H18N2O6S/c1-2-18-15(20)12-4-3-11(9-13(12)25(18,23)24)14(19)17-7-5-10(6-8-17)16(21)22/h3-4,9-10H,2,5-8H2,1H3,(H,21,22). The van der Waals surface area contributed by atoms with Crippen LogP contribution >= 0.6 is 0 Å². The van der Waals surface area contributed by atoms with Gasteiger partial charge < -0.3 is 10.0 Å². The molecule has 1 fully saturated rings. The first-order valence-corrected chi connectivity index (χ1v) is 9.44. The molecule has 0 radical (unpaired) electrons. The van der Waals surface area contributed by atoms with Gasteiger partial charge in [-0.1, -0.05) is 0 Å². The van der Waals surface area contributed by atoms with Crippen LogP contribution in [0.2, 0.25) is 0 Å². The highest BCUT2D eigenvalue weighted by atomic mass is 32.2. The minimum Gasteiger partial charge on any atom is -0.481 e. The summed E-state index contributed by atoms with van der Waals surface area (Å²) in [5.74, 6) is -2.27. The number of piperidine rings is 1. The fraction of sp³-hybridized carbons (Fsp3) is 0.438. The molecule has 2 heterocycles. The van der Waals surface area contributed by atoms with E-state index in [0.29, 0.717) is 25.9 Å². The summed E-state index contributed by atoms with van der Waals surface area (Å²) in [5, 5.41) is 9.01.